The van der Waals surface area contributed by atoms with Crippen LogP contribution >= 0.6 is 0 Å². The third-order valence-electron chi connectivity index (χ3n) is 4.53. The van der Waals surface area contributed by atoms with Crippen molar-refractivity contribution in [2.45, 2.75) is 13.0 Å². The fraction of sp³-hybridized carbons (Fsp3) is 0.158. The topological polar surface area (TPSA) is 122 Å². The van der Waals surface area contributed by atoms with Crippen LogP contribution in [-0.2, 0) is 0 Å². The summed E-state index contributed by atoms with van der Waals surface area (Å²) in [5, 5.41) is 16.9. The van der Waals surface area contributed by atoms with Crippen LogP contribution in [0.3, 0.4) is 0 Å². The molecule has 4 heterocycles. The maximum atomic E-state index is 13.3. The number of nitrogens with one attached hydrogen (secondary N) is 2. The lowest BCUT2D eigenvalue weighted by Gasteiger charge is -2.09. The van der Waals surface area contributed by atoms with Crippen LogP contribution in [0.2, 0.25) is 0 Å². The van der Waals surface area contributed by atoms with E-state index in [1.165, 1.54) is 0 Å². The molecule has 10 heteroatoms. The molecule has 0 saturated carbocycles. The number of anilines is 1. The zero-order valence-electron chi connectivity index (χ0n) is 15.1. The summed E-state index contributed by atoms with van der Waals surface area (Å²) in [4.78, 5) is 23.5. The molecule has 1 atom stereocenters. The van der Waals surface area contributed by atoms with Crippen molar-refractivity contribution in [3.05, 3.63) is 42.0 Å². The predicted octanol–water partition coefficient (Wildman–Crippen LogP) is 2.95. The molecule has 4 aromatic rings. The number of hydrogen-bond acceptors (Lipinski definition) is 8. The van der Waals surface area contributed by atoms with Crippen molar-refractivity contribution in [3.63, 3.8) is 0 Å². The van der Waals surface area contributed by atoms with Gasteiger partial charge in [-0.05, 0) is 25.1 Å². The van der Waals surface area contributed by atoms with Gasteiger partial charge in [-0.1, -0.05) is 0 Å². The highest BCUT2D eigenvalue weighted by Crippen LogP contribution is 2.37. The van der Waals surface area contributed by atoms with Gasteiger partial charge in [0, 0.05) is 24.0 Å². The second-order valence-electron chi connectivity index (χ2n) is 6.65. The molecule has 3 N–H and O–H groups in total. The predicted molar refractivity (Wildman–Crippen MR) is 101 cm³/mol. The first-order valence-corrected chi connectivity index (χ1v) is 8.80. The molecular weight excluding hydrogens is 381 g/mol. The number of pyridine rings is 1. The lowest BCUT2D eigenvalue weighted by atomic mass is 10.1. The summed E-state index contributed by atoms with van der Waals surface area (Å²) in [5.41, 5.74) is 1.75. The summed E-state index contributed by atoms with van der Waals surface area (Å²) in [7, 11) is 0. The highest BCUT2D eigenvalue weighted by Gasteiger charge is 2.26. The molecule has 1 aliphatic rings. The second kappa shape index (κ2) is 6.30. The number of aromatic nitrogens is 3. The number of halogens is 1. The number of ether oxygens (including phenoxy) is 1. The van der Waals surface area contributed by atoms with E-state index >= 15 is 0 Å². The van der Waals surface area contributed by atoms with E-state index < -0.39 is 12.0 Å². The van der Waals surface area contributed by atoms with Gasteiger partial charge in [0.15, 0.2) is 0 Å². The van der Waals surface area contributed by atoms with Crippen molar-refractivity contribution in [3.8, 4) is 17.8 Å². The van der Waals surface area contributed by atoms with Crippen molar-refractivity contribution in [1.29, 1.82) is 0 Å². The Balaban J connectivity index is 1.61. The maximum absolute atomic E-state index is 13.3. The van der Waals surface area contributed by atoms with Gasteiger partial charge >= 0.3 is 6.01 Å². The Morgan fingerprint density at radius 2 is 2.07 bits per heavy atom. The molecule has 0 aliphatic carbocycles. The number of fused-ring (bicyclic) bond motifs is 5. The van der Waals surface area contributed by atoms with E-state index in [-0.39, 0.29) is 29.5 Å². The van der Waals surface area contributed by atoms with Crippen LogP contribution in [0.15, 0.2) is 34.7 Å². The summed E-state index contributed by atoms with van der Waals surface area (Å²) in [6.45, 7) is 2.46. The molecule has 1 aromatic carbocycles. The fourth-order valence-corrected chi connectivity index (χ4v) is 3.31. The number of furan rings is 1. The highest BCUT2D eigenvalue weighted by molar-refractivity contribution is 6.16. The molecule has 146 valence electrons. The Bertz CT molecular complexity index is 1270. The molecule has 29 heavy (non-hydrogen) atoms. The summed E-state index contributed by atoms with van der Waals surface area (Å²) in [6.07, 6.45) is 0. The SMILES string of the molecule is C[C@@H]1CNc2c(oc3ccc4nc(Oc5cc(F)nc(O)n5)ccc4c23)C(=O)N1. The number of carbonyl (C=O) groups is 1. The molecule has 1 aliphatic heterocycles. The van der Waals surface area contributed by atoms with Crippen LogP contribution in [-0.4, -0.2) is 38.6 Å². The van der Waals surface area contributed by atoms with Gasteiger partial charge in [-0.25, -0.2) is 4.98 Å². The van der Waals surface area contributed by atoms with Crippen LogP contribution in [0, 0.1) is 5.95 Å². The van der Waals surface area contributed by atoms with E-state index in [1.807, 2.05) is 6.92 Å². The van der Waals surface area contributed by atoms with Gasteiger partial charge in [0.05, 0.1) is 22.7 Å². The minimum absolute atomic E-state index is 0.0436. The highest BCUT2D eigenvalue weighted by atomic mass is 19.1. The first kappa shape index (κ1) is 17.2. The van der Waals surface area contributed by atoms with Gasteiger partial charge in [-0.15, -0.1) is 0 Å². The first-order chi connectivity index (χ1) is 14.0. The van der Waals surface area contributed by atoms with E-state index in [1.54, 1.807) is 24.3 Å². The Hall–Kier alpha value is -3.95. The monoisotopic (exact) mass is 395 g/mol. The molecule has 0 unspecified atom stereocenters. The third-order valence-corrected chi connectivity index (χ3v) is 4.53. The zero-order valence-corrected chi connectivity index (χ0v) is 15.1. The largest absolute Gasteiger partial charge is 0.479 e. The van der Waals surface area contributed by atoms with Gasteiger partial charge in [0.1, 0.15) is 5.58 Å². The lowest BCUT2D eigenvalue weighted by molar-refractivity contribution is 0.0920. The Morgan fingerprint density at radius 3 is 2.90 bits per heavy atom. The van der Waals surface area contributed by atoms with E-state index in [0.717, 1.165) is 16.8 Å². The average Bonchev–Trinajstić information content (AvgIpc) is 2.98. The third kappa shape index (κ3) is 2.94. The average molecular weight is 395 g/mol. The summed E-state index contributed by atoms with van der Waals surface area (Å²) < 4.78 is 24.5. The Morgan fingerprint density at radius 1 is 1.21 bits per heavy atom. The number of amides is 1. The summed E-state index contributed by atoms with van der Waals surface area (Å²) >= 11 is 0. The van der Waals surface area contributed by atoms with Crippen molar-refractivity contribution >= 4 is 33.5 Å². The van der Waals surface area contributed by atoms with Gasteiger partial charge in [0.25, 0.3) is 5.91 Å². The molecule has 0 fully saturated rings. The standard InChI is InChI=1S/C19H14FN5O4/c1-8-7-21-16-15-9-2-5-13(29-14-6-12(20)24-19(27)25-14)23-10(9)3-4-11(15)28-17(16)18(26)22-8/h2-6,8,21H,7H2,1H3,(H,22,26)(H,24,25,27)/t8-/m1/s1. The minimum Gasteiger partial charge on any atom is -0.479 e. The van der Waals surface area contributed by atoms with E-state index in [0.29, 0.717) is 23.3 Å². The molecule has 1 amide bonds. The van der Waals surface area contributed by atoms with E-state index in [4.69, 9.17) is 9.15 Å². The molecule has 9 nitrogen and oxygen atoms in total. The molecule has 0 saturated heterocycles. The van der Waals surface area contributed by atoms with Crippen molar-refractivity contribution in [2.75, 3.05) is 11.9 Å². The molecule has 5 rings (SSSR count). The number of aromatic hydroxyl groups is 1. The van der Waals surface area contributed by atoms with Crippen LogP contribution in [0.4, 0.5) is 10.1 Å². The zero-order chi connectivity index (χ0) is 20.1. The van der Waals surface area contributed by atoms with Crippen LogP contribution < -0.4 is 15.4 Å². The van der Waals surface area contributed by atoms with E-state index in [2.05, 4.69) is 25.6 Å². The van der Waals surface area contributed by atoms with Crippen molar-refractivity contribution in [1.82, 2.24) is 20.3 Å². The quantitative estimate of drug-likeness (QED) is 0.443. The smallest absolute Gasteiger partial charge is 0.319 e. The van der Waals surface area contributed by atoms with Gasteiger partial charge in [0.2, 0.25) is 23.5 Å². The van der Waals surface area contributed by atoms with Crippen LogP contribution in [0.25, 0.3) is 21.9 Å². The van der Waals surface area contributed by atoms with E-state index in [9.17, 15) is 14.3 Å². The van der Waals surface area contributed by atoms with Crippen molar-refractivity contribution in [2.24, 2.45) is 0 Å². The molecule has 3 aromatic heterocycles. The van der Waals surface area contributed by atoms with Crippen LogP contribution in [0.1, 0.15) is 17.5 Å². The minimum atomic E-state index is -0.922. The lowest BCUT2D eigenvalue weighted by Crippen LogP contribution is -2.34. The molecule has 0 bridgehead atoms. The number of carbonyl (C=O) groups excluding carboxylic acids is 1. The van der Waals surface area contributed by atoms with Gasteiger partial charge in [-0.2, -0.15) is 14.4 Å². The molecule has 0 spiro atoms. The Kier molecular flexibility index (Phi) is 3.73. The molecular formula is C19H14FN5O4. The first-order valence-electron chi connectivity index (χ1n) is 8.80. The van der Waals surface area contributed by atoms with Crippen LogP contribution in [0.5, 0.6) is 17.8 Å². The fourth-order valence-electron chi connectivity index (χ4n) is 3.31. The van der Waals surface area contributed by atoms with Gasteiger partial charge < -0.3 is 24.9 Å². The second-order valence-corrected chi connectivity index (χ2v) is 6.65. The number of hydrogen-bond donors (Lipinski definition) is 3. The summed E-state index contributed by atoms with van der Waals surface area (Å²) in [5.74, 6) is -0.991. The maximum Gasteiger partial charge on any atom is 0.319 e. The number of nitrogens with zero attached hydrogens (tertiary/aromatic N) is 3. The summed E-state index contributed by atoms with van der Waals surface area (Å²) in [6, 6.07) is 6.96. The molecule has 0 radical (unpaired) electrons. The van der Waals surface area contributed by atoms with Gasteiger partial charge in [-0.3, -0.25) is 4.79 Å². The number of rotatable bonds is 2. The Labute approximate surface area is 162 Å². The van der Waals surface area contributed by atoms with Crippen molar-refractivity contribution < 1.29 is 23.4 Å². The normalized spacial score (nSPS) is 16.2. The number of benzene rings is 1.